The number of halogens is 4. The SMILES string of the molecule is CC1=C(C(=O)Nc2ccc3cnccc3c2)C(c2ccc(C(F)(F)F)c(F)c2)n2nc(C=O)cc2N1. The number of nitrogens with one attached hydrogen (secondary N) is 2. The number of aldehydes is 1. The van der Waals surface area contributed by atoms with Gasteiger partial charge in [0.2, 0.25) is 0 Å². The van der Waals surface area contributed by atoms with Gasteiger partial charge in [-0.1, -0.05) is 12.1 Å². The third-order valence-electron chi connectivity index (χ3n) is 5.87. The summed E-state index contributed by atoms with van der Waals surface area (Å²) in [7, 11) is 0. The summed E-state index contributed by atoms with van der Waals surface area (Å²) in [5, 5.41) is 11.6. The van der Waals surface area contributed by atoms with Crippen LogP contribution in [-0.2, 0) is 11.0 Å². The molecule has 0 radical (unpaired) electrons. The highest BCUT2D eigenvalue weighted by Gasteiger charge is 2.37. The highest BCUT2D eigenvalue weighted by atomic mass is 19.4. The number of allylic oxidation sites excluding steroid dienone is 1. The molecular formula is C25H17F4N5O2. The summed E-state index contributed by atoms with van der Waals surface area (Å²) >= 11 is 0. The van der Waals surface area contributed by atoms with Crippen molar-refractivity contribution in [1.82, 2.24) is 14.8 Å². The predicted octanol–water partition coefficient (Wildman–Crippen LogP) is 5.33. The van der Waals surface area contributed by atoms with Gasteiger partial charge in [-0.3, -0.25) is 14.6 Å². The Hall–Kier alpha value is -4.54. The van der Waals surface area contributed by atoms with Crippen LogP contribution in [0.15, 0.2) is 72.2 Å². The zero-order valence-corrected chi connectivity index (χ0v) is 18.6. The fourth-order valence-corrected chi connectivity index (χ4v) is 4.24. The molecule has 0 saturated heterocycles. The molecule has 0 spiro atoms. The van der Waals surface area contributed by atoms with Crippen molar-refractivity contribution in [1.29, 1.82) is 0 Å². The Morgan fingerprint density at radius 1 is 1.11 bits per heavy atom. The van der Waals surface area contributed by atoms with E-state index >= 15 is 0 Å². The summed E-state index contributed by atoms with van der Waals surface area (Å²) in [6, 6.07) is 9.77. The first-order valence-corrected chi connectivity index (χ1v) is 10.7. The van der Waals surface area contributed by atoms with Gasteiger partial charge in [-0.05, 0) is 48.2 Å². The second-order valence-corrected chi connectivity index (χ2v) is 8.21. The zero-order chi connectivity index (χ0) is 25.6. The first-order valence-electron chi connectivity index (χ1n) is 10.7. The van der Waals surface area contributed by atoms with E-state index in [0.29, 0.717) is 29.6 Å². The molecule has 11 heteroatoms. The molecular weight excluding hydrogens is 478 g/mol. The van der Waals surface area contributed by atoms with Crippen molar-refractivity contribution >= 4 is 34.5 Å². The van der Waals surface area contributed by atoms with Gasteiger partial charge in [0.1, 0.15) is 23.4 Å². The monoisotopic (exact) mass is 495 g/mol. The molecule has 36 heavy (non-hydrogen) atoms. The molecule has 0 fully saturated rings. The number of carbonyl (C=O) groups is 2. The molecule has 2 aromatic heterocycles. The van der Waals surface area contributed by atoms with Gasteiger partial charge in [0.05, 0.1) is 11.1 Å². The zero-order valence-electron chi connectivity index (χ0n) is 18.6. The molecule has 3 heterocycles. The molecule has 5 rings (SSSR count). The Balaban J connectivity index is 1.58. The third kappa shape index (κ3) is 4.08. The molecule has 7 nitrogen and oxygen atoms in total. The highest BCUT2D eigenvalue weighted by molar-refractivity contribution is 6.07. The van der Waals surface area contributed by atoms with E-state index in [1.54, 1.807) is 43.6 Å². The lowest BCUT2D eigenvalue weighted by Crippen LogP contribution is -2.31. The number of pyridine rings is 1. The standard InChI is InChI=1S/C25H17F4N5O2/c1-13-22(24(36)32-17-4-2-16-11-30-7-6-14(16)8-17)23(34-21(31-13)10-18(12-35)33-34)15-3-5-19(20(26)9-15)25(27,28)29/h2-12,23,31H,1H3,(H,32,36). The van der Waals surface area contributed by atoms with Gasteiger partial charge in [-0.25, -0.2) is 9.07 Å². The number of nitrogens with zero attached hydrogens (tertiary/aromatic N) is 3. The van der Waals surface area contributed by atoms with Crippen LogP contribution in [0.2, 0.25) is 0 Å². The van der Waals surface area contributed by atoms with E-state index < -0.39 is 29.5 Å². The third-order valence-corrected chi connectivity index (χ3v) is 5.87. The van der Waals surface area contributed by atoms with Crippen molar-refractivity contribution < 1.29 is 27.2 Å². The van der Waals surface area contributed by atoms with Crippen LogP contribution in [0.1, 0.15) is 34.6 Å². The number of rotatable bonds is 4. The molecule has 1 aliphatic rings. The van der Waals surface area contributed by atoms with E-state index in [9.17, 15) is 27.2 Å². The molecule has 2 N–H and O–H groups in total. The maximum atomic E-state index is 14.5. The van der Waals surface area contributed by atoms with Gasteiger partial charge in [0, 0.05) is 35.2 Å². The molecule has 182 valence electrons. The summed E-state index contributed by atoms with van der Waals surface area (Å²) in [5.41, 5.74) is -0.405. The van der Waals surface area contributed by atoms with E-state index in [0.717, 1.165) is 22.9 Å². The number of hydrogen-bond acceptors (Lipinski definition) is 5. The number of carbonyl (C=O) groups excluding carboxylic acids is 2. The van der Waals surface area contributed by atoms with Crippen molar-refractivity contribution in [3.63, 3.8) is 0 Å². The van der Waals surface area contributed by atoms with Gasteiger partial charge >= 0.3 is 6.18 Å². The van der Waals surface area contributed by atoms with Crippen LogP contribution < -0.4 is 10.6 Å². The smallest absolute Gasteiger partial charge is 0.344 e. The first-order chi connectivity index (χ1) is 17.2. The molecule has 1 atom stereocenters. The van der Waals surface area contributed by atoms with Crippen molar-refractivity contribution in [2.24, 2.45) is 0 Å². The van der Waals surface area contributed by atoms with E-state index in [4.69, 9.17) is 0 Å². The molecule has 1 aliphatic heterocycles. The summed E-state index contributed by atoms with van der Waals surface area (Å²) in [5.74, 6) is -1.73. The van der Waals surface area contributed by atoms with Crippen LogP contribution in [0.25, 0.3) is 10.8 Å². The lowest BCUT2D eigenvalue weighted by Gasteiger charge is -2.30. The van der Waals surface area contributed by atoms with Crippen molar-refractivity contribution in [3.8, 4) is 0 Å². The lowest BCUT2D eigenvalue weighted by atomic mass is 9.93. The Bertz CT molecular complexity index is 1560. The van der Waals surface area contributed by atoms with Gasteiger partial charge in [0.25, 0.3) is 5.91 Å². The molecule has 4 aromatic rings. The number of benzene rings is 2. The normalized spacial score (nSPS) is 15.4. The second kappa shape index (κ2) is 8.59. The van der Waals surface area contributed by atoms with E-state index in [2.05, 4.69) is 20.7 Å². The van der Waals surface area contributed by atoms with E-state index in [1.165, 1.54) is 10.7 Å². The minimum absolute atomic E-state index is 0.0347. The van der Waals surface area contributed by atoms with Crippen LogP contribution in [0, 0.1) is 5.82 Å². The molecule has 1 amide bonds. The summed E-state index contributed by atoms with van der Waals surface area (Å²) in [4.78, 5) is 28.9. The van der Waals surface area contributed by atoms with E-state index in [1.807, 2.05) is 0 Å². The lowest BCUT2D eigenvalue weighted by molar-refractivity contribution is -0.140. The molecule has 0 aliphatic carbocycles. The van der Waals surface area contributed by atoms with Crippen LogP contribution in [0.5, 0.6) is 0 Å². The Labute approximate surface area is 201 Å². The molecule has 0 bridgehead atoms. The summed E-state index contributed by atoms with van der Waals surface area (Å²) in [6.45, 7) is 1.60. The van der Waals surface area contributed by atoms with Gasteiger partial charge < -0.3 is 10.6 Å². The van der Waals surface area contributed by atoms with Crippen molar-refractivity contribution in [2.45, 2.75) is 19.1 Å². The Kier molecular flexibility index (Phi) is 5.54. The summed E-state index contributed by atoms with van der Waals surface area (Å²) < 4.78 is 55.2. The van der Waals surface area contributed by atoms with Crippen molar-refractivity contribution in [2.75, 3.05) is 10.6 Å². The maximum absolute atomic E-state index is 14.5. The number of amides is 1. The summed E-state index contributed by atoms with van der Waals surface area (Å²) in [6.07, 6.45) is -1.09. The fourth-order valence-electron chi connectivity index (χ4n) is 4.24. The molecule has 2 aromatic carbocycles. The largest absolute Gasteiger partial charge is 0.419 e. The van der Waals surface area contributed by atoms with Gasteiger partial charge in [0.15, 0.2) is 6.29 Å². The average molecular weight is 495 g/mol. The van der Waals surface area contributed by atoms with Crippen LogP contribution in [0.3, 0.4) is 0 Å². The second-order valence-electron chi connectivity index (χ2n) is 8.21. The fraction of sp³-hybridized carbons (Fsp3) is 0.120. The number of aromatic nitrogens is 3. The number of alkyl halides is 3. The number of fused-ring (bicyclic) bond motifs is 2. The van der Waals surface area contributed by atoms with Crippen LogP contribution in [0.4, 0.5) is 29.1 Å². The topological polar surface area (TPSA) is 88.9 Å². The maximum Gasteiger partial charge on any atom is 0.419 e. The predicted molar refractivity (Wildman–Crippen MR) is 124 cm³/mol. The minimum Gasteiger partial charge on any atom is -0.344 e. The van der Waals surface area contributed by atoms with Gasteiger partial charge in [-0.2, -0.15) is 18.3 Å². The first kappa shape index (κ1) is 23.2. The minimum atomic E-state index is -4.88. The van der Waals surface area contributed by atoms with Crippen molar-refractivity contribution in [3.05, 3.63) is 94.8 Å². The quantitative estimate of drug-likeness (QED) is 0.295. The van der Waals surface area contributed by atoms with Crippen LogP contribution >= 0.6 is 0 Å². The Morgan fingerprint density at radius 3 is 2.64 bits per heavy atom. The number of hydrogen-bond donors (Lipinski definition) is 2. The van der Waals surface area contributed by atoms with Crippen LogP contribution in [-0.4, -0.2) is 27.0 Å². The van der Waals surface area contributed by atoms with E-state index in [-0.39, 0.29) is 16.8 Å². The highest BCUT2D eigenvalue weighted by Crippen LogP contribution is 2.39. The number of anilines is 2. The Morgan fingerprint density at radius 2 is 1.92 bits per heavy atom. The molecule has 1 unspecified atom stereocenters. The average Bonchev–Trinajstić information content (AvgIpc) is 3.24. The molecule has 0 saturated carbocycles. The van der Waals surface area contributed by atoms with Gasteiger partial charge in [-0.15, -0.1) is 0 Å².